The molecule has 2 rings (SSSR count). The summed E-state index contributed by atoms with van der Waals surface area (Å²) in [7, 11) is 0. The molecule has 90 valence electrons. The number of ether oxygens (including phenoxy) is 1. The van der Waals surface area contributed by atoms with Crippen LogP contribution < -0.4 is 4.74 Å². The molecule has 4 heteroatoms. The van der Waals surface area contributed by atoms with Gasteiger partial charge in [-0.3, -0.25) is 4.79 Å². The zero-order valence-corrected chi connectivity index (χ0v) is 9.69. The van der Waals surface area contributed by atoms with E-state index in [0.29, 0.717) is 13.0 Å². The first-order valence-electron chi connectivity index (χ1n) is 5.65. The van der Waals surface area contributed by atoms with E-state index in [9.17, 15) is 4.79 Å². The number of fused-ring (bicyclic) bond motifs is 1. The molecule has 0 spiro atoms. The van der Waals surface area contributed by atoms with Gasteiger partial charge in [-0.25, -0.2) is 0 Å². The molecule has 0 aliphatic heterocycles. The SMILES string of the molecule is CCOc1ccc2[nH]cc(CCC(=O)O)c2c1. The highest BCUT2D eigenvalue weighted by Gasteiger charge is 2.07. The van der Waals surface area contributed by atoms with Crippen LogP contribution >= 0.6 is 0 Å². The molecule has 0 amide bonds. The van der Waals surface area contributed by atoms with Gasteiger partial charge in [0.15, 0.2) is 0 Å². The van der Waals surface area contributed by atoms with Crippen molar-refractivity contribution in [2.45, 2.75) is 19.8 Å². The van der Waals surface area contributed by atoms with Gasteiger partial charge in [-0.15, -0.1) is 0 Å². The van der Waals surface area contributed by atoms with Gasteiger partial charge < -0.3 is 14.8 Å². The number of carboxylic acids is 1. The number of aromatic amines is 1. The second-order valence-electron chi connectivity index (χ2n) is 3.85. The largest absolute Gasteiger partial charge is 0.494 e. The molecule has 0 radical (unpaired) electrons. The predicted octanol–water partition coefficient (Wildman–Crippen LogP) is 2.58. The summed E-state index contributed by atoms with van der Waals surface area (Å²) in [6.45, 7) is 2.56. The molecular weight excluding hydrogens is 218 g/mol. The van der Waals surface area contributed by atoms with E-state index < -0.39 is 5.97 Å². The standard InChI is InChI=1S/C13H15NO3/c1-2-17-10-4-5-12-11(7-10)9(8-14-12)3-6-13(15)16/h4-5,7-8,14H,2-3,6H2,1H3,(H,15,16). The van der Waals surface area contributed by atoms with Crippen LogP contribution in [-0.2, 0) is 11.2 Å². The summed E-state index contributed by atoms with van der Waals surface area (Å²) in [6.07, 6.45) is 2.54. The molecule has 0 unspecified atom stereocenters. The summed E-state index contributed by atoms with van der Waals surface area (Å²) < 4.78 is 5.43. The van der Waals surface area contributed by atoms with Crippen LogP contribution in [0.2, 0.25) is 0 Å². The van der Waals surface area contributed by atoms with Gasteiger partial charge in [0.25, 0.3) is 0 Å². The van der Waals surface area contributed by atoms with Crippen LogP contribution in [0.3, 0.4) is 0 Å². The minimum absolute atomic E-state index is 0.145. The summed E-state index contributed by atoms with van der Waals surface area (Å²) in [5, 5.41) is 9.73. The molecule has 4 nitrogen and oxygen atoms in total. The van der Waals surface area contributed by atoms with E-state index in [2.05, 4.69) is 4.98 Å². The molecule has 0 aliphatic rings. The van der Waals surface area contributed by atoms with Crippen LogP contribution in [0.15, 0.2) is 24.4 Å². The van der Waals surface area contributed by atoms with E-state index in [0.717, 1.165) is 22.2 Å². The molecular formula is C13H15NO3. The molecule has 0 fully saturated rings. The third-order valence-corrected chi connectivity index (χ3v) is 2.66. The number of benzene rings is 1. The Morgan fingerprint density at radius 3 is 3.00 bits per heavy atom. The summed E-state index contributed by atoms with van der Waals surface area (Å²) in [4.78, 5) is 13.7. The number of nitrogens with one attached hydrogen (secondary N) is 1. The Kier molecular flexibility index (Phi) is 3.32. The van der Waals surface area contributed by atoms with Crippen molar-refractivity contribution < 1.29 is 14.6 Å². The number of rotatable bonds is 5. The van der Waals surface area contributed by atoms with Gasteiger partial charge in [0.2, 0.25) is 0 Å². The topological polar surface area (TPSA) is 62.3 Å². The number of aliphatic carboxylic acids is 1. The van der Waals surface area contributed by atoms with Crippen molar-refractivity contribution in [3.63, 3.8) is 0 Å². The van der Waals surface area contributed by atoms with E-state index in [1.54, 1.807) is 0 Å². The maximum atomic E-state index is 10.6. The molecule has 0 bridgehead atoms. The second kappa shape index (κ2) is 4.91. The van der Waals surface area contributed by atoms with Crippen LogP contribution in [-0.4, -0.2) is 22.7 Å². The van der Waals surface area contributed by atoms with Gasteiger partial charge in [-0.1, -0.05) is 0 Å². The Morgan fingerprint density at radius 2 is 2.29 bits per heavy atom. The maximum absolute atomic E-state index is 10.6. The molecule has 1 aromatic heterocycles. The first-order valence-corrected chi connectivity index (χ1v) is 5.65. The highest BCUT2D eigenvalue weighted by Crippen LogP contribution is 2.24. The number of hydrogen-bond acceptors (Lipinski definition) is 2. The molecule has 17 heavy (non-hydrogen) atoms. The van der Waals surface area contributed by atoms with Crippen molar-refractivity contribution >= 4 is 16.9 Å². The zero-order valence-electron chi connectivity index (χ0n) is 9.69. The minimum Gasteiger partial charge on any atom is -0.494 e. The molecule has 0 saturated carbocycles. The third-order valence-electron chi connectivity index (χ3n) is 2.66. The maximum Gasteiger partial charge on any atom is 0.303 e. The van der Waals surface area contributed by atoms with Crippen molar-refractivity contribution in [3.05, 3.63) is 30.0 Å². The zero-order chi connectivity index (χ0) is 12.3. The fourth-order valence-electron chi connectivity index (χ4n) is 1.86. The van der Waals surface area contributed by atoms with E-state index in [1.807, 2.05) is 31.3 Å². The highest BCUT2D eigenvalue weighted by atomic mass is 16.5. The van der Waals surface area contributed by atoms with Crippen molar-refractivity contribution in [1.82, 2.24) is 4.98 Å². The average molecular weight is 233 g/mol. The monoisotopic (exact) mass is 233 g/mol. The molecule has 0 atom stereocenters. The number of hydrogen-bond donors (Lipinski definition) is 2. The van der Waals surface area contributed by atoms with E-state index in [-0.39, 0.29) is 6.42 Å². The minimum atomic E-state index is -0.777. The van der Waals surface area contributed by atoms with Crippen LogP contribution in [0.25, 0.3) is 10.9 Å². The number of carbonyl (C=O) groups is 1. The first kappa shape index (κ1) is 11.5. The Balaban J connectivity index is 2.29. The van der Waals surface area contributed by atoms with Gasteiger partial charge >= 0.3 is 5.97 Å². The molecule has 2 N–H and O–H groups in total. The van der Waals surface area contributed by atoms with Gasteiger partial charge in [0.05, 0.1) is 6.61 Å². The summed E-state index contributed by atoms with van der Waals surface area (Å²) in [6, 6.07) is 5.81. The number of carboxylic acid groups (broad SMARTS) is 1. The average Bonchev–Trinajstić information content (AvgIpc) is 2.69. The highest BCUT2D eigenvalue weighted by molar-refractivity contribution is 5.85. The van der Waals surface area contributed by atoms with Crippen LogP contribution in [0.1, 0.15) is 18.9 Å². The van der Waals surface area contributed by atoms with E-state index in [4.69, 9.17) is 9.84 Å². The molecule has 0 aliphatic carbocycles. The summed E-state index contributed by atoms with van der Waals surface area (Å²) >= 11 is 0. The van der Waals surface area contributed by atoms with Crippen molar-refractivity contribution in [2.75, 3.05) is 6.61 Å². The molecule has 1 heterocycles. The van der Waals surface area contributed by atoms with Gasteiger partial charge in [0, 0.05) is 23.5 Å². The molecule has 1 aromatic carbocycles. The van der Waals surface area contributed by atoms with Gasteiger partial charge in [0.1, 0.15) is 5.75 Å². The normalized spacial score (nSPS) is 10.6. The van der Waals surface area contributed by atoms with Crippen molar-refractivity contribution in [2.24, 2.45) is 0 Å². The Morgan fingerprint density at radius 1 is 1.47 bits per heavy atom. The molecule has 2 aromatic rings. The summed E-state index contributed by atoms with van der Waals surface area (Å²) in [5.41, 5.74) is 2.03. The van der Waals surface area contributed by atoms with Crippen molar-refractivity contribution in [3.8, 4) is 5.75 Å². The number of aromatic nitrogens is 1. The van der Waals surface area contributed by atoms with E-state index in [1.165, 1.54) is 0 Å². The fraction of sp³-hybridized carbons (Fsp3) is 0.308. The second-order valence-corrected chi connectivity index (χ2v) is 3.85. The quantitative estimate of drug-likeness (QED) is 0.834. The Hall–Kier alpha value is -1.97. The fourth-order valence-corrected chi connectivity index (χ4v) is 1.86. The lowest BCUT2D eigenvalue weighted by molar-refractivity contribution is -0.136. The Labute approximate surface area is 99.2 Å². The van der Waals surface area contributed by atoms with E-state index >= 15 is 0 Å². The number of aryl methyl sites for hydroxylation is 1. The Bertz CT molecular complexity index is 530. The lowest BCUT2D eigenvalue weighted by atomic mass is 10.1. The lowest BCUT2D eigenvalue weighted by Gasteiger charge is -2.03. The van der Waals surface area contributed by atoms with Gasteiger partial charge in [-0.2, -0.15) is 0 Å². The lowest BCUT2D eigenvalue weighted by Crippen LogP contribution is -1.96. The van der Waals surface area contributed by atoms with Crippen LogP contribution in [0, 0.1) is 0 Å². The molecule has 0 saturated heterocycles. The van der Waals surface area contributed by atoms with Gasteiger partial charge in [-0.05, 0) is 37.1 Å². The smallest absolute Gasteiger partial charge is 0.303 e. The predicted molar refractivity (Wildman–Crippen MR) is 65.4 cm³/mol. The van der Waals surface area contributed by atoms with Crippen LogP contribution in [0.4, 0.5) is 0 Å². The van der Waals surface area contributed by atoms with Crippen molar-refractivity contribution in [1.29, 1.82) is 0 Å². The van der Waals surface area contributed by atoms with Crippen LogP contribution in [0.5, 0.6) is 5.75 Å². The summed E-state index contributed by atoms with van der Waals surface area (Å²) in [5.74, 6) is 0.0384. The third kappa shape index (κ3) is 2.58. The first-order chi connectivity index (χ1) is 8.20. The number of H-pyrrole nitrogens is 1.